The van der Waals surface area contributed by atoms with Gasteiger partial charge in [-0.05, 0) is 43.5 Å². The van der Waals surface area contributed by atoms with Crippen molar-refractivity contribution in [3.05, 3.63) is 29.8 Å². The van der Waals surface area contributed by atoms with Crippen LogP contribution in [0, 0.1) is 5.92 Å². The Labute approximate surface area is 96.6 Å². The number of hydrogen-bond donors (Lipinski definition) is 2. The van der Waals surface area contributed by atoms with Crippen LogP contribution >= 0.6 is 11.8 Å². The van der Waals surface area contributed by atoms with Crippen LogP contribution in [0.3, 0.4) is 0 Å². The summed E-state index contributed by atoms with van der Waals surface area (Å²) >= 11 is 1.77. The zero-order valence-corrected chi connectivity index (χ0v) is 10.5. The van der Waals surface area contributed by atoms with Crippen molar-refractivity contribution in [2.45, 2.75) is 17.9 Å². The maximum atomic E-state index is 5.70. The van der Waals surface area contributed by atoms with Crippen LogP contribution in [0.4, 0.5) is 0 Å². The van der Waals surface area contributed by atoms with Gasteiger partial charge in [-0.25, -0.2) is 0 Å². The van der Waals surface area contributed by atoms with Crippen LogP contribution in [0.25, 0.3) is 0 Å². The van der Waals surface area contributed by atoms with Gasteiger partial charge in [0.1, 0.15) is 0 Å². The van der Waals surface area contributed by atoms with Crippen LogP contribution in [0.2, 0.25) is 0 Å². The highest BCUT2D eigenvalue weighted by Crippen LogP contribution is 2.23. The maximum absolute atomic E-state index is 5.70. The molecule has 1 aromatic rings. The van der Waals surface area contributed by atoms with E-state index in [9.17, 15) is 0 Å². The molecule has 0 bridgehead atoms. The number of nitrogens with two attached hydrogens (primary N) is 1. The van der Waals surface area contributed by atoms with Gasteiger partial charge in [-0.15, -0.1) is 11.8 Å². The first-order valence-electron chi connectivity index (χ1n) is 5.24. The number of nitrogens with one attached hydrogen (secondary N) is 1. The SMILES string of the molecule is CNC(c1ccc(SC)cc1)C(C)CN. The van der Waals surface area contributed by atoms with Gasteiger partial charge < -0.3 is 11.1 Å². The average Bonchev–Trinajstić information content (AvgIpc) is 2.30. The molecule has 2 nitrogen and oxygen atoms in total. The van der Waals surface area contributed by atoms with Crippen molar-refractivity contribution in [1.29, 1.82) is 0 Å². The highest BCUT2D eigenvalue weighted by molar-refractivity contribution is 7.98. The van der Waals surface area contributed by atoms with Crippen LogP contribution in [0.1, 0.15) is 18.5 Å². The molecule has 0 radical (unpaired) electrons. The zero-order valence-electron chi connectivity index (χ0n) is 9.66. The van der Waals surface area contributed by atoms with Crippen molar-refractivity contribution in [3.8, 4) is 0 Å². The molecule has 0 heterocycles. The molecule has 84 valence electrons. The minimum atomic E-state index is 0.353. The molecule has 2 unspecified atom stereocenters. The van der Waals surface area contributed by atoms with Crippen molar-refractivity contribution < 1.29 is 0 Å². The molecular weight excluding hydrogens is 204 g/mol. The Morgan fingerprint density at radius 3 is 2.33 bits per heavy atom. The smallest absolute Gasteiger partial charge is 0.0355 e. The molecule has 3 heteroatoms. The third-order valence-corrected chi connectivity index (χ3v) is 3.47. The first kappa shape index (κ1) is 12.6. The number of thioether (sulfide) groups is 1. The van der Waals surface area contributed by atoms with E-state index in [4.69, 9.17) is 5.73 Å². The average molecular weight is 224 g/mol. The van der Waals surface area contributed by atoms with Crippen LogP contribution in [0.15, 0.2) is 29.2 Å². The quantitative estimate of drug-likeness (QED) is 0.754. The second-order valence-electron chi connectivity index (χ2n) is 3.75. The summed E-state index contributed by atoms with van der Waals surface area (Å²) in [6, 6.07) is 9.03. The van der Waals surface area contributed by atoms with Gasteiger partial charge in [0.05, 0.1) is 0 Å². The summed E-state index contributed by atoms with van der Waals surface area (Å²) in [5.74, 6) is 0.454. The van der Waals surface area contributed by atoms with Crippen molar-refractivity contribution in [3.63, 3.8) is 0 Å². The summed E-state index contributed by atoms with van der Waals surface area (Å²) in [5, 5.41) is 3.32. The fraction of sp³-hybridized carbons (Fsp3) is 0.500. The van der Waals surface area contributed by atoms with Crippen LogP contribution in [0.5, 0.6) is 0 Å². The van der Waals surface area contributed by atoms with Gasteiger partial charge in [0.25, 0.3) is 0 Å². The molecule has 3 N–H and O–H groups in total. The lowest BCUT2D eigenvalue weighted by molar-refractivity contribution is 0.419. The summed E-state index contributed by atoms with van der Waals surface area (Å²) in [6.45, 7) is 2.87. The third kappa shape index (κ3) is 3.23. The van der Waals surface area contributed by atoms with E-state index in [1.54, 1.807) is 11.8 Å². The lowest BCUT2D eigenvalue weighted by Gasteiger charge is -2.22. The van der Waals surface area contributed by atoms with E-state index in [-0.39, 0.29) is 0 Å². The van der Waals surface area contributed by atoms with Gasteiger partial charge in [-0.3, -0.25) is 0 Å². The van der Waals surface area contributed by atoms with Crippen LogP contribution in [-0.2, 0) is 0 Å². The Balaban J connectivity index is 2.83. The molecule has 2 atom stereocenters. The Bertz CT molecular complexity index is 284. The Morgan fingerprint density at radius 2 is 1.93 bits per heavy atom. The molecule has 0 saturated heterocycles. The summed E-state index contributed by atoms with van der Waals surface area (Å²) in [7, 11) is 1.99. The van der Waals surface area contributed by atoms with E-state index >= 15 is 0 Å². The fourth-order valence-corrected chi connectivity index (χ4v) is 2.14. The molecule has 1 aromatic carbocycles. The maximum Gasteiger partial charge on any atom is 0.0355 e. The normalized spacial score (nSPS) is 14.9. The van der Waals surface area contributed by atoms with Crippen LogP contribution in [-0.4, -0.2) is 19.8 Å². The van der Waals surface area contributed by atoms with Crippen molar-refractivity contribution in [1.82, 2.24) is 5.32 Å². The van der Waals surface area contributed by atoms with Gasteiger partial charge in [0.2, 0.25) is 0 Å². The molecule has 0 fully saturated rings. The summed E-state index contributed by atoms with van der Waals surface area (Å²) in [4.78, 5) is 1.30. The molecule has 0 aliphatic rings. The van der Waals surface area contributed by atoms with E-state index in [0.717, 1.165) is 0 Å². The van der Waals surface area contributed by atoms with E-state index < -0.39 is 0 Å². The van der Waals surface area contributed by atoms with E-state index in [2.05, 4.69) is 42.8 Å². The molecule has 0 amide bonds. The Hall–Kier alpha value is -0.510. The molecule has 0 aromatic heterocycles. The molecule has 15 heavy (non-hydrogen) atoms. The molecule has 1 rings (SSSR count). The lowest BCUT2D eigenvalue weighted by atomic mass is 9.95. The van der Waals surface area contributed by atoms with E-state index in [0.29, 0.717) is 18.5 Å². The summed E-state index contributed by atoms with van der Waals surface area (Å²) < 4.78 is 0. The predicted molar refractivity (Wildman–Crippen MR) is 68.2 cm³/mol. The van der Waals surface area contributed by atoms with Crippen molar-refractivity contribution in [2.75, 3.05) is 19.8 Å². The van der Waals surface area contributed by atoms with Gasteiger partial charge in [-0.2, -0.15) is 0 Å². The van der Waals surface area contributed by atoms with Gasteiger partial charge in [-0.1, -0.05) is 19.1 Å². The Kier molecular flexibility index (Phi) is 5.15. The zero-order chi connectivity index (χ0) is 11.3. The Morgan fingerprint density at radius 1 is 1.33 bits per heavy atom. The standard InChI is InChI=1S/C12H20N2S/c1-9(8-13)12(14-2)10-4-6-11(15-3)7-5-10/h4-7,9,12,14H,8,13H2,1-3H3. The highest BCUT2D eigenvalue weighted by Gasteiger charge is 2.15. The molecule has 0 aliphatic carbocycles. The highest BCUT2D eigenvalue weighted by atomic mass is 32.2. The van der Waals surface area contributed by atoms with E-state index in [1.165, 1.54) is 10.5 Å². The predicted octanol–water partition coefficient (Wildman–Crippen LogP) is 2.26. The molecular formula is C12H20N2S. The van der Waals surface area contributed by atoms with Crippen molar-refractivity contribution in [2.24, 2.45) is 11.7 Å². The number of rotatable bonds is 5. The van der Waals surface area contributed by atoms with Gasteiger partial charge in [0, 0.05) is 10.9 Å². The lowest BCUT2D eigenvalue weighted by Crippen LogP contribution is -2.28. The van der Waals surface area contributed by atoms with Gasteiger partial charge in [0.15, 0.2) is 0 Å². The topological polar surface area (TPSA) is 38.0 Å². The third-order valence-electron chi connectivity index (χ3n) is 2.73. The van der Waals surface area contributed by atoms with Crippen molar-refractivity contribution >= 4 is 11.8 Å². The summed E-state index contributed by atoms with van der Waals surface area (Å²) in [5.41, 5.74) is 7.01. The largest absolute Gasteiger partial charge is 0.330 e. The second-order valence-corrected chi connectivity index (χ2v) is 4.63. The first-order chi connectivity index (χ1) is 7.22. The van der Waals surface area contributed by atoms with E-state index in [1.807, 2.05) is 7.05 Å². The number of benzene rings is 1. The minimum Gasteiger partial charge on any atom is -0.330 e. The van der Waals surface area contributed by atoms with Crippen LogP contribution < -0.4 is 11.1 Å². The molecule has 0 spiro atoms. The first-order valence-corrected chi connectivity index (χ1v) is 6.46. The second kappa shape index (κ2) is 6.16. The number of hydrogen-bond acceptors (Lipinski definition) is 3. The molecule has 0 aliphatic heterocycles. The summed E-state index contributed by atoms with van der Waals surface area (Å²) in [6.07, 6.45) is 2.09. The minimum absolute atomic E-state index is 0.353. The van der Waals surface area contributed by atoms with Gasteiger partial charge >= 0.3 is 0 Å². The fourth-order valence-electron chi connectivity index (χ4n) is 1.73. The molecule has 0 saturated carbocycles. The monoisotopic (exact) mass is 224 g/mol.